The van der Waals surface area contributed by atoms with Crippen molar-refractivity contribution in [2.45, 2.75) is 24.5 Å². The number of rotatable bonds is 5. The van der Waals surface area contributed by atoms with Gasteiger partial charge in [-0.2, -0.15) is 0 Å². The molecule has 0 aliphatic rings. The van der Waals surface area contributed by atoms with E-state index in [0.717, 1.165) is 22.3 Å². The monoisotopic (exact) mass is 378 g/mol. The van der Waals surface area contributed by atoms with Gasteiger partial charge >= 0.3 is 0 Å². The molecule has 27 heavy (non-hydrogen) atoms. The first-order valence-corrected chi connectivity index (χ1v) is 10.3. The average molecular weight is 378 g/mol. The maximum Gasteiger partial charge on any atom is 0.182 e. The van der Waals surface area contributed by atoms with Gasteiger partial charge in [-0.05, 0) is 59.9 Å². The SMILES string of the molecule is C=C(O)c1ccc(-c2ccccc2)cc1CS(=O)(=O)c1cc(C)cc(C)c1. The molecule has 0 heterocycles. The summed E-state index contributed by atoms with van der Waals surface area (Å²) >= 11 is 0. The van der Waals surface area contributed by atoms with E-state index >= 15 is 0 Å². The zero-order valence-corrected chi connectivity index (χ0v) is 16.3. The van der Waals surface area contributed by atoms with Gasteiger partial charge in [-0.25, -0.2) is 8.42 Å². The highest BCUT2D eigenvalue weighted by molar-refractivity contribution is 7.90. The molecule has 1 N–H and O–H groups in total. The number of benzene rings is 3. The Morgan fingerprint density at radius 3 is 2.11 bits per heavy atom. The highest BCUT2D eigenvalue weighted by Gasteiger charge is 2.19. The second kappa shape index (κ2) is 7.41. The van der Waals surface area contributed by atoms with Gasteiger partial charge in [-0.3, -0.25) is 0 Å². The van der Waals surface area contributed by atoms with Gasteiger partial charge in [0.05, 0.1) is 10.6 Å². The minimum atomic E-state index is -3.57. The van der Waals surface area contributed by atoms with Crippen LogP contribution in [0.15, 0.2) is 78.2 Å². The molecule has 3 nitrogen and oxygen atoms in total. The summed E-state index contributed by atoms with van der Waals surface area (Å²) in [5.41, 5.74) is 4.66. The quantitative estimate of drug-likeness (QED) is 0.599. The third kappa shape index (κ3) is 4.29. The first-order valence-electron chi connectivity index (χ1n) is 8.64. The fourth-order valence-electron chi connectivity index (χ4n) is 3.21. The molecular weight excluding hydrogens is 356 g/mol. The van der Waals surface area contributed by atoms with Crippen molar-refractivity contribution in [3.63, 3.8) is 0 Å². The molecule has 0 amide bonds. The molecule has 0 spiro atoms. The molecule has 3 rings (SSSR count). The minimum Gasteiger partial charge on any atom is -0.508 e. The van der Waals surface area contributed by atoms with E-state index in [-0.39, 0.29) is 11.5 Å². The zero-order valence-electron chi connectivity index (χ0n) is 15.4. The Morgan fingerprint density at radius 2 is 1.52 bits per heavy atom. The van der Waals surface area contributed by atoms with Gasteiger partial charge in [0.1, 0.15) is 5.76 Å². The van der Waals surface area contributed by atoms with Gasteiger partial charge in [0.25, 0.3) is 0 Å². The molecule has 0 atom stereocenters. The van der Waals surface area contributed by atoms with Crippen molar-refractivity contribution in [2.24, 2.45) is 0 Å². The van der Waals surface area contributed by atoms with Crippen LogP contribution in [0.5, 0.6) is 0 Å². The van der Waals surface area contributed by atoms with Gasteiger partial charge in [-0.1, -0.05) is 55.1 Å². The lowest BCUT2D eigenvalue weighted by Crippen LogP contribution is -2.08. The maximum atomic E-state index is 13.0. The van der Waals surface area contributed by atoms with Crippen LogP contribution in [-0.4, -0.2) is 13.5 Å². The molecule has 4 heteroatoms. The van der Waals surface area contributed by atoms with Crippen molar-refractivity contribution in [2.75, 3.05) is 0 Å². The molecule has 0 saturated carbocycles. The van der Waals surface area contributed by atoms with Crippen LogP contribution >= 0.6 is 0 Å². The predicted octanol–water partition coefficient (Wildman–Crippen LogP) is 5.47. The molecule has 138 valence electrons. The number of aryl methyl sites for hydroxylation is 2. The Bertz CT molecular complexity index is 1080. The molecule has 0 aliphatic heterocycles. The molecule has 3 aromatic carbocycles. The maximum absolute atomic E-state index is 13.0. The number of hydrogen-bond acceptors (Lipinski definition) is 3. The lowest BCUT2D eigenvalue weighted by atomic mass is 9.99. The van der Waals surface area contributed by atoms with E-state index in [2.05, 4.69) is 6.58 Å². The van der Waals surface area contributed by atoms with Gasteiger partial charge < -0.3 is 5.11 Å². The predicted molar refractivity (Wildman–Crippen MR) is 110 cm³/mol. The lowest BCUT2D eigenvalue weighted by Gasteiger charge is -2.13. The number of aliphatic hydroxyl groups excluding tert-OH is 1. The van der Waals surface area contributed by atoms with Gasteiger partial charge in [-0.15, -0.1) is 0 Å². The van der Waals surface area contributed by atoms with Crippen LogP contribution in [0.2, 0.25) is 0 Å². The van der Waals surface area contributed by atoms with Crippen LogP contribution in [0.3, 0.4) is 0 Å². The van der Waals surface area contributed by atoms with Crippen molar-refractivity contribution < 1.29 is 13.5 Å². The fraction of sp³-hybridized carbons (Fsp3) is 0.130. The van der Waals surface area contributed by atoms with Gasteiger partial charge in [0.15, 0.2) is 9.84 Å². The van der Waals surface area contributed by atoms with Gasteiger partial charge in [0.2, 0.25) is 0 Å². The van der Waals surface area contributed by atoms with E-state index in [4.69, 9.17) is 0 Å². The summed E-state index contributed by atoms with van der Waals surface area (Å²) in [5.74, 6) is -0.342. The van der Waals surface area contributed by atoms with E-state index in [1.54, 1.807) is 18.2 Å². The van der Waals surface area contributed by atoms with Crippen molar-refractivity contribution >= 4 is 15.6 Å². The van der Waals surface area contributed by atoms with E-state index in [0.29, 0.717) is 16.0 Å². The van der Waals surface area contributed by atoms with Crippen LogP contribution in [-0.2, 0) is 15.6 Å². The fourth-order valence-corrected chi connectivity index (χ4v) is 4.75. The van der Waals surface area contributed by atoms with Crippen LogP contribution in [0.1, 0.15) is 22.3 Å². The molecule has 0 aliphatic carbocycles. The van der Waals surface area contributed by atoms with Crippen LogP contribution in [0.25, 0.3) is 16.9 Å². The summed E-state index contributed by atoms with van der Waals surface area (Å²) in [7, 11) is -3.57. The third-order valence-electron chi connectivity index (χ3n) is 4.42. The lowest BCUT2D eigenvalue weighted by molar-refractivity contribution is 0.513. The number of sulfone groups is 1. The Morgan fingerprint density at radius 1 is 0.889 bits per heavy atom. The Balaban J connectivity index is 2.07. The second-order valence-corrected chi connectivity index (χ2v) is 8.76. The molecule has 0 fully saturated rings. The summed E-state index contributed by atoms with van der Waals surface area (Å²) in [6.07, 6.45) is 0. The normalized spacial score (nSPS) is 11.3. The summed E-state index contributed by atoms with van der Waals surface area (Å²) < 4.78 is 26.0. The van der Waals surface area contributed by atoms with Crippen LogP contribution < -0.4 is 0 Å². The second-order valence-electron chi connectivity index (χ2n) is 6.77. The first-order chi connectivity index (χ1) is 12.8. The number of aliphatic hydroxyl groups is 1. The summed E-state index contributed by atoms with van der Waals surface area (Å²) in [5, 5.41) is 9.93. The molecule has 0 aromatic heterocycles. The summed E-state index contributed by atoms with van der Waals surface area (Å²) in [6.45, 7) is 7.34. The van der Waals surface area contributed by atoms with Crippen LogP contribution in [0.4, 0.5) is 0 Å². The molecular formula is C23H22O3S. The Hall–Kier alpha value is -2.85. The first kappa shape index (κ1) is 18.9. The smallest absolute Gasteiger partial charge is 0.182 e. The third-order valence-corrected chi connectivity index (χ3v) is 6.07. The average Bonchev–Trinajstić information content (AvgIpc) is 2.61. The Labute approximate surface area is 160 Å². The largest absolute Gasteiger partial charge is 0.508 e. The molecule has 0 bridgehead atoms. The van der Waals surface area contributed by atoms with Crippen molar-refractivity contribution in [1.82, 2.24) is 0 Å². The molecule has 0 unspecified atom stereocenters. The topological polar surface area (TPSA) is 54.4 Å². The van der Waals surface area contributed by atoms with Gasteiger partial charge in [0, 0.05) is 5.56 Å². The van der Waals surface area contributed by atoms with Crippen LogP contribution in [0, 0.1) is 13.8 Å². The van der Waals surface area contributed by atoms with Crippen molar-refractivity contribution in [1.29, 1.82) is 0 Å². The van der Waals surface area contributed by atoms with E-state index in [1.807, 2.05) is 62.4 Å². The van der Waals surface area contributed by atoms with Crippen molar-refractivity contribution in [3.8, 4) is 11.1 Å². The highest BCUT2D eigenvalue weighted by atomic mass is 32.2. The molecule has 0 radical (unpaired) electrons. The minimum absolute atomic E-state index is 0.139. The van der Waals surface area contributed by atoms with E-state index < -0.39 is 9.84 Å². The summed E-state index contributed by atoms with van der Waals surface area (Å²) in [4.78, 5) is 0.291. The van der Waals surface area contributed by atoms with Crippen molar-refractivity contribution in [3.05, 3.63) is 95.6 Å². The molecule has 0 saturated heterocycles. The van der Waals surface area contributed by atoms with E-state index in [9.17, 15) is 13.5 Å². The standard InChI is InChI=1S/C23H22O3S/c1-16-11-17(2)13-22(12-16)27(25,26)15-21-14-20(9-10-23(21)18(3)24)19-7-5-4-6-8-19/h4-14,24H,3,15H2,1-2H3. The Kier molecular flexibility index (Phi) is 5.19. The number of hydrogen-bond donors (Lipinski definition) is 1. The molecule has 3 aromatic rings. The summed E-state index contributed by atoms with van der Waals surface area (Å²) in [6, 6.07) is 20.4. The highest BCUT2D eigenvalue weighted by Crippen LogP contribution is 2.28. The van der Waals surface area contributed by atoms with E-state index in [1.165, 1.54) is 0 Å². The zero-order chi connectivity index (χ0) is 19.6.